The van der Waals surface area contributed by atoms with Crippen LogP contribution in [0.1, 0.15) is 38.2 Å². The molecule has 0 radical (unpaired) electrons. The Morgan fingerprint density at radius 2 is 1.80 bits per heavy atom. The third-order valence-corrected chi connectivity index (χ3v) is 7.60. The number of hydrogen-bond acceptors (Lipinski definition) is 5. The molecule has 190 valence electrons. The largest absolute Gasteiger partial charge is 0.495 e. The molecule has 8 nitrogen and oxygen atoms in total. The molecule has 0 aromatic heterocycles. The van der Waals surface area contributed by atoms with Crippen molar-refractivity contribution in [1.82, 2.24) is 10.2 Å². The van der Waals surface area contributed by atoms with Gasteiger partial charge in [-0.15, -0.1) is 0 Å². The molecule has 2 aromatic carbocycles. The fourth-order valence-electron chi connectivity index (χ4n) is 4.18. The number of anilines is 1. The smallest absolute Gasteiger partial charge is 0.244 e. The maximum Gasteiger partial charge on any atom is 0.244 e. The molecule has 0 aliphatic heterocycles. The minimum absolute atomic E-state index is 0.104. The molecule has 0 heterocycles. The second-order valence-electron chi connectivity index (χ2n) is 8.76. The average molecular weight is 522 g/mol. The Morgan fingerprint density at radius 3 is 2.37 bits per heavy atom. The summed E-state index contributed by atoms with van der Waals surface area (Å²) in [7, 11) is -2.38. The summed E-state index contributed by atoms with van der Waals surface area (Å²) in [5.41, 5.74) is 1.06. The maximum atomic E-state index is 13.6. The summed E-state index contributed by atoms with van der Waals surface area (Å²) in [6.45, 7) is 1.36. The second-order valence-corrected chi connectivity index (χ2v) is 11.1. The normalized spacial score (nSPS) is 14.9. The van der Waals surface area contributed by atoms with E-state index in [9.17, 15) is 18.0 Å². The summed E-state index contributed by atoms with van der Waals surface area (Å²) >= 11 is 6.21. The quantitative estimate of drug-likeness (QED) is 0.515. The summed E-state index contributed by atoms with van der Waals surface area (Å²) in [5, 5.41) is 3.26. The first-order valence-corrected chi connectivity index (χ1v) is 13.8. The molecule has 0 bridgehead atoms. The molecule has 1 saturated carbocycles. The van der Waals surface area contributed by atoms with E-state index in [0.717, 1.165) is 41.8 Å². The molecule has 35 heavy (non-hydrogen) atoms. The number of amides is 2. The van der Waals surface area contributed by atoms with Crippen LogP contribution >= 0.6 is 11.6 Å². The Labute approximate surface area is 212 Å². The molecule has 3 rings (SSSR count). The van der Waals surface area contributed by atoms with E-state index < -0.39 is 28.5 Å². The van der Waals surface area contributed by atoms with Crippen molar-refractivity contribution in [1.29, 1.82) is 0 Å². The average Bonchev–Trinajstić information content (AvgIpc) is 3.33. The van der Waals surface area contributed by atoms with E-state index in [4.69, 9.17) is 16.3 Å². The molecule has 2 aromatic rings. The van der Waals surface area contributed by atoms with Crippen molar-refractivity contribution in [2.45, 2.75) is 51.2 Å². The lowest BCUT2D eigenvalue weighted by Gasteiger charge is -2.32. The van der Waals surface area contributed by atoms with Crippen molar-refractivity contribution in [3.63, 3.8) is 0 Å². The predicted octanol–water partition coefficient (Wildman–Crippen LogP) is 3.59. The van der Waals surface area contributed by atoms with Gasteiger partial charge in [-0.1, -0.05) is 54.8 Å². The van der Waals surface area contributed by atoms with E-state index in [1.807, 2.05) is 30.3 Å². The fraction of sp³-hybridized carbons (Fsp3) is 0.440. The van der Waals surface area contributed by atoms with Gasteiger partial charge in [0.15, 0.2) is 0 Å². The van der Waals surface area contributed by atoms with Crippen molar-refractivity contribution < 1.29 is 22.7 Å². The molecule has 1 atom stereocenters. The summed E-state index contributed by atoms with van der Waals surface area (Å²) < 4.78 is 31.4. The third kappa shape index (κ3) is 7.11. The third-order valence-electron chi connectivity index (χ3n) is 6.17. The number of halogens is 1. The van der Waals surface area contributed by atoms with E-state index >= 15 is 0 Å². The number of nitrogens with one attached hydrogen (secondary N) is 1. The second kappa shape index (κ2) is 11.8. The Morgan fingerprint density at radius 1 is 1.14 bits per heavy atom. The summed E-state index contributed by atoms with van der Waals surface area (Å²) in [6.07, 6.45) is 5.01. The Balaban J connectivity index is 1.87. The predicted molar refractivity (Wildman–Crippen MR) is 137 cm³/mol. The summed E-state index contributed by atoms with van der Waals surface area (Å²) in [6, 6.07) is 13.1. The van der Waals surface area contributed by atoms with E-state index in [0.29, 0.717) is 5.75 Å². The van der Waals surface area contributed by atoms with Crippen molar-refractivity contribution >= 4 is 39.1 Å². The van der Waals surface area contributed by atoms with Gasteiger partial charge in [0.25, 0.3) is 0 Å². The van der Waals surface area contributed by atoms with E-state index in [2.05, 4.69) is 5.32 Å². The van der Waals surface area contributed by atoms with Crippen LogP contribution in [0.2, 0.25) is 5.02 Å². The molecule has 1 N–H and O–H groups in total. The Kier molecular flexibility index (Phi) is 9.02. The SMILES string of the molecule is COc1ccc(N(CC(=O)N(Cc2ccccc2)C(C)C(=O)NC2CCCC2)S(C)(=O)=O)cc1Cl. The monoisotopic (exact) mass is 521 g/mol. The van der Waals surface area contributed by atoms with Crippen LogP contribution in [0, 0.1) is 0 Å². The highest BCUT2D eigenvalue weighted by Crippen LogP contribution is 2.30. The minimum Gasteiger partial charge on any atom is -0.495 e. The van der Waals surface area contributed by atoms with Gasteiger partial charge >= 0.3 is 0 Å². The van der Waals surface area contributed by atoms with Crippen LogP contribution in [-0.4, -0.2) is 57.1 Å². The highest BCUT2D eigenvalue weighted by molar-refractivity contribution is 7.92. The van der Waals surface area contributed by atoms with Gasteiger partial charge in [-0.2, -0.15) is 0 Å². The summed E-state index contributed by atoms with van der Waals surface area (Å²) in [5.74, 6) is -0.363. The lowest BCUT2D eigenvalue weighted by Crippen LogP contribution is -2.52. The van der Waals surface area contributed by atoms with Crippen molar-refractivity contribution in [2.75, 3.05) is 24.2 Å². The van der Waals surface area contributed by atoms with Gasteiger partial charge in [-0.25, -0.2) is 8.42 Å². The Hall–Kier alpha value is -2.78. The van der Waals surface area contributed by atoms with Crippen molar-refractivity contribution in [3.8, 4) is 5.75 Å². The first-order chi connectivity index (χ1) is 16.6. The molecule has 1 aliphatic carbocycles. The number of ether oxygens (including phenoxy) is 1. The van der Waals surface area contributed by atoms with Gasteiger partial charge in [0.1, 0.15) is 18.3 Å². The standard InChI is InChI=1S/C25H32ClN3O5S/c1-18(25(31)27-20-11-7-8-12-20)28(16-19-9-5-4-6-10-19)24(30)17-29(35(3,32)33)21-13-14-23(34-2)22(26)15-21/h4-6,9-10,13-15,18,20H,7-8,11-12,16-17H2,1-3H3,(H,27,31). The zero-order chi connectivity index (χ0) is 25.6. The lowest BCUT2D eigenvalue weighted by atomic mass is 10.1. The number of rotatable bonds is 10. The highest BCUT2D eigenvalue weighted by Gasteiger charge is 2.31. The van der Waals surface area contributed by atoms with Crippen LogP contribution < -0.4 is 14.4 Å². The van der Waals surface area contributed by atoms with E-state index in [1.165, 1.54) is 24.1 Å². The number of benzene rings is 2. The molecule has 2 amide bonds. The van der Waals surface area contributed by atoms with Gasteiger partial charge in [0.2, 0.25) is 21.8 Å². The molecule has 0 spiro atoms. The fourth-order valence-corrected chi connectivity index (χ4v) is 5.27. The van der Waals surface area contributed by atoms with Crippen LogP contribution in [0.5, 0.6) is 5.75 Å². The first kappa shape index (κ1) is 26.8. The van der Waals surface area contributed by atoms with Gasteiger partial charge in [0.05, 0.1) is 24.1 Å². The zero-order valence-corrected chi connectivity index (χ0v) is 21.8. The molecule has 0 saturated heterocycles. The first-order valence-electron chi connectivity index (χ1n) is 11.5. The van der Waals surface area contributed by atoms with Gasteiger partial charge in [0, 0.05) is 12.6 Å². The summed E-state index contributed by atoms with van der Waals surface area (Å²) in [4.78, 5) is 28.0. The molecular weight excluding hydrogens is 490 g/mol. The number of carbonyl (C=O) groups is 2. The van der Waals surface area contributed by atoms with Crippen molar-refractivity contribution in [2.24, 2.45) is 0 Å². The van der Waals surface area contributed by atoms with Crippen LogP contribution in [0.4, 0.5) is 5.69 Å². The van der Waals surface area contributed by atoms with Crippen LogP contribution in [0.25, 0.3) is 0 Å². The molecule has 10 heteroatoms. The van der Waals surface area contributed by atoms with Gasteiger partial charge < -0.3 is 15.0 Å². The number of nitrogens with zero attached hydrogens (tertiary/aromatic N) is 2. The lowest BCUT2D eigenvalue weighted by molar-refractivity contribution is -0.139. The number of hydrogen-bond donors (Lipinski definition) is 1. The molecule has 1 unspecified atom stereocenters. The molecule has 1 fully saturated rings. The van der Waals surface area contributed by atoms with E-state index in [1.54, 1.807) is 13.0 Å². The number of sulfonamides is 1. The maximum absolute atomic E-state index is 13.6. The topological polar surface area (TPSA) is 96.0 Å². The zero-order valence-electron chi connectivity index (χ0n) is 20.2. The van der Waals surface area contributed by atoms with Crippen LogP contribution in [0.15, 0.2) is 48.5 Å². The Bertz CT molecular complexity index is 1140. The molecular formula is C25H32ClN3O5S. The van der Waals surface area contributed by atoms with E-state index in [-0.39, 0.29) is 29.2 Å². The van der Waals surface area contributed by atoms with Gasteiger partial charge in [-0.3, -0.25) is 13.9 Å². The van der Waals surface area contributed by atoms with Crippen molar-refractivity contribution in [3.05, 3.63) is 59.1 Å². The number of carbonyl (C=O) groups excluding carboxylic acids is 2. The number of methoxy groups -OCH3 is 1. The molecule has 1 aliphatic rings. The minimum atomic E-state index is -3.83. The van der Waals surface area contributed by atoms with Crippen LogP contribution in [-0.2, 0) is 26.2 Å². The van der Waals surface area contributed by atoms with Crippen LogP contribution in [0.3, 0.4) is 0 Å². The highest BCUT2D eigenvalue weighted by atomic mass is 35.5. The van der Waals surface area contributed by atoms with Gasteiger partial charge in [-0.05, 0) is 43.5 Å².